The molecule has 0 spiro atoms. The van der Waals surface area contributed by atoms with Gasteiger partial charge in [-0.2, -0.15) is 0 Å². The molecule has 0 amide bonds. The van der Waals surface area contributed by atoms with E-state index in [0.717, 1.165) is 36.2 Å². The predicted molar refractivity (Wildman–Crippen MR) is 144 cm³/mol. The molecule has 0 aliphatic carbocycles. The summed E-state index contributed by atoms with van der Waals surface area (Å²) >= 11 is 0. The van der Waals surface area contributed by atoms with Crippen LogP contribution in [0.1, 0.15) is 51.2 Å². The molecule has 174 valence electrons. The second-order valence-corrected chi connectivity index (χ2v) is 8.40. The van der Waals surface area contributed by atoms with Gasteiger partial charge in [-0.25, -0.2) is 4.99 Å². The molecule has 0 radical (unpaired) electrons. The standard InChI is InChI=1S/C30H39N3/c1-6-9-13-22-27(24(4)8-3)28(23-10-7-2)33(5)30(26-20-16-12-17-21-26)32-29(31)25-18-14-11-15-19-25/h7,9-21,23-24,27-28,31H,2,6,8,22H2,1,3-5H3/b13-9-,23-10-,31-29?,32-30?/t24-,27+,28?/m0/s1. The van der Waals surface area contributed by atoms with Crippen molar-refractivity contribution in [2.75, 3.05) is 7.05 Å². The number of hydrogen-bond donors (Lipinski definition) is 1. The third-order valence-electron chi connectivity index (χ3n) is 6.15. The van der Waals surface area contributed by atoms with Gasteiger partial charge in [-0.1, -0.05) is 125 Å². The van der Waals surface area contributed by atoms with Gasteiger partial charge >= 0.3 is 0 Å². The lowest BCUT2D eigenvalue weighted by Crippen LogP contribution is -2.43. The number of aliphatic imine (C=N–C) groups is 1. The molecule has 3 nitrogen and oxygen atoms in total. The highest BCUT2D eigenvalue weighted by Crippen LogP contribution is 2.28. The Balaban J connectivity index is 2.56. The Kier molecular flexibility index (Phi) is 11.1. The number of hydrogen-bond acceptors (Lipinski definition) is 1. The van der Waals surface area contributed by atoms with Gasteiger partial charge < -0.3 is 4.90 Å². The van der Waals surface area contributed by atoms with Gasteiger partial charge in [0.25, 0.3) is 0 Å². The lowest BCUT2D eigenvalue weighted by molar-refractivity contribution is 0.231. The van der Waals surface area contributed by atoms with Crippen LogP contribution in [0.15, 0.2) is 103 Å². The van der Waals surface area contributed by atoms with Crippen LogP contribution < -0.4 is 0 Å². The van der Waals surface area contributed by atoms with Gasteiger partial charge in [-0.3, -0.25) is 5.41 Å². The van der Waals surface area contributed by atoms with Crippen molar-refractivity contribution in [3.05, 3.63) is 109 Å². The van der Waals surface area contributed by atoms with Gasteiger partial charge in [0.05, 0.1) is 6.04 Å². The molecule has 1 unspecified atom stereocenters. The highest BCUT2D eigenvalue weighted by molar-refractivity contribution is 6.10. The van der Waals surface area contributed by atoms with E-state index in [1.165, 1.54) is 0 Å². The summed E-state index contributed by atoms with van der Waals surface area (Å²) in [6.07, 6.45) is 13.8. The maximum Gasteiger partial charge on any atom is 0.154 e. The predicted octanol–water partition coefficient (Wildman–Crippen LogP) is 7.52. The molecule has 1 N–H and O–H groups in total. The van der Waals surface area contributed by atoms with Crippen molar-refractivity contribution in [1.82, 2.24) is 4.90 Å². The van der Waals surface area contributed by atoms with E-state index >= 15 is 0 Å². The Morgan fingerprint density at radius 2 is 1.61 bits per heavy atom. The summed E-state index contributed by atoms with van der Waals surface area (Å²) in [6.45, 7) is 10.7. The van der Waals surface area contributed by atoms with E-state index in [4.69, 9.17) is 10.4 Å². The van der Waals surface area contributed by atoms with Crippen molar-refractivity contribution < 1.29 is 0 Å². The minimum Gasteiger partial charge on any atom is -0.352 e. The third-order valence-corrected chi connectivity index (χ3v) is 6.15. The molecule has 0 heterocycles. The van der Waals surface area contributed by atoms with Crippen molar-refractivity contribution in [1.29, 1.82) is 5.41 Å². The molecule has 0 saturated heterocycles. The van der Waals surface area contributed by atoms with Crippen LogP contribution in [-0.4, -0.2) is 29.7 Å². The number of nitrogens with zero attached hydrogens (tertiary/aromatic N) is 2. The Morgan fingerprint density at radius 3 is 2.15 bits per heavy atom. The molecule has 0 bridgehead atoms. The molecule has 2 aromatic rings. The van der Waals surface area contributed by atoms with Gasteiger partial charge in [0.1, 0.15) is 5.84 Å². The number of benzene rings is 2. The molecule has 0 fully saturated rings. The zero-order chi connectivity index (χ0) is 24.1. The summed E-state index contributed by atoms with van der Waals surface area (Å²) in [4.78, 5) is 7.10. The number of likely N-dealkylation sites (N-methyl/N-ethyl adjacent to an activating group) is 1. The average molecular weight is 442 g/mol. The smallest absolute Gasteiger partial charge is 0.154 e. The minimum atomic E-state index is 0.113. The van der Waals surface area contributed by atoms with Crippen molar-refractivity contribution >= 4 is 11.7 Å². The molecule has 2 aromatic carbocycles. The van der Waals surface area contributed by atoms with Crippen LogP contribution in [0, 0.1) is 17.2 Å². The fourth-order valence-corrected chi connectivity index (χ4v) is 4.02. The van der Waals surface area contributed by atoms with E-state index in [1.807, 2.05) is 60.7 Å². The summed E-state index contributed by atoms with van der Waals surface area (Å²) in [7, 11) is 2.10. The van der Waals surface area contributed by atoms with Gasteiger partial charge in [-0.15, -0.1) is 0 Å². The van der Waals surface area contributed by atoms with Crippen LogP contribution in [0.25, 0.3) is 0 Å². The normalized spacial score (nSPS) is 14.8. The first kappa shape index (κ1) is 26.1. The summed E-state index contributed by atoms with van der Waals surface area (Å²) in [5.41, 5.74) is 1.81. The lowest BCUT2D eigenvalue weighted by atomic mass is 9.81. The first-order valence-electron chi connectivity index (χ1n) is 12.0. The van der Waals surface area contributed by atoms with Crippen LogP contribution in [0.3, 0.4) is 0 Å². The Bertz CT molecular complexity index is 941. The van der Waals surface area contributed by atoms with E-state index in [-0.39, 0.29) is 11.9 Å². The maximum atomic E-state index is 8.69. The van der Waals surface area contributed by atoms with Crippen LogP contribution in [0.4, 0.5) is 0 Å². The fourth-order valence-electron chi connectivity index (χ4n) is 4.02. The average Bonchev–Trinajstić information content (AvgIpc) is 2.86. The van der Waals surface area contributed by atoms with Crippen LogP contribution in [0.2, 0.25) is 0 Å². The molecule has 0 aliphatic rings. The molecule has 0 aromatic heterocycles. The fraction of sp³-hybridized carbons (Fsp3) is 0.333. The number of rotatable bonds is 11. The van der Waals surface area contributed by atoms with Crippen LogP contribution in [-0.2, 0) is 0 Å². The molecule has 3 heteroatoms. The number of nitrogens with one attached hydrogen (secondary N) is 1. The highest BCUT2D eigenvalue weighted by atomic mass is 15.2. The minimum absolute atomic E-state index is 0.113. The summed E-state index contributed by atoms with van der Waals surface area (Å²) in [5.74, 6) is 1.99. The highest BCUT2D eigenvalue weighted by Gasteiger charge is 2.29. The van der Waals surface area contributed by atoms with Crippen molar-refractivity contribution in [2.45, 2.75) is 46.1 Å². The van der Waals surface area contributed by atoms with E-state index in [2.05, 4.69) is 69.7 Å². The Hall–Kier alpha value is -3.20. The molecular formula is C30H39N3. The first-order chi connectivity index (χ1) is 16.0. The molecule has 2 rings (SSSR count). The van der Waals surface area contributed by atoms with Gasteiger partial charge in [0.15, 0.2) is 5.84 Å². The lowest BCUT2D eigenvalue weighted by Gasteiger charge is -2.37. The largest absolute Gasteiger partial charge is 0.352 e. The maximum absolute atomic E-state index is 8.69. The van der Waals surface area contributed by atoms with Crippen LogP contribution >= 0.6 is 0 Å². The molecule has 33 heavy (non-hydrogen) atoms. The van der Waals surface area contributed by atoms with Crippen molar-refractivity contribution in [3.63, 3.8) is 0 Å². The topological polar surface area (TPSA) is 39.5 Å². The zero-order valence-electron chi connectivity index (χ0n) is 20.6. The zero-order valence-corrected chi connectivity index (χ0v) is 20.6. The Labute approximate surface area is 200 Å². The Morgan fingerprint density at radius 1 is 1.00 bits per heavy atom. The van der Waals surface area contributed by atoms with Gasteiger partial charge in [-0.05, 0) is 24.7 Å². The van der Waals surface area contributed by atoms with Crippen molar-refractivity contribution in [2.24, 2.45) is 16.8 Å². The van der Waals surface area contributed by atoms with E-state index in [1.54, 1.807) is 0 Å². The second kappa shape index (κ2) is 14.1. The monoisotopic (exact) mass is 441 g/mol. The summed E-state index contributed by atoms with van der Waals surface area (Å²) in [6, 6.07) is 20.0. The van der Waals surface area contributed by atoms with Gasteiger partial charge in [0, 0.05) is 18.2 Å². The molecular weight excluding hydrogens is 402 g/mol. The second-order valence-electron chi connectivity index (χ2n) is 8.40. The van der Waals surface area contributed by atoms with E-state index < -0.39 is 0 Å². The number of allylic oxidation sites excluding steroid dienone is 4. The van der Waals surface area contributed by atoms with Crippen LogP contribution in [0.5, 0.6) is 0 Å². The van der Waals surface area contributed by atoms with E-state index in [0.29, 0.717) is 11.8 Å². The molecule has 3 atom stereocenters. The first-order valence-corrected chi connectivity index (χ1v) is 12.0. The van der Waals surface area contributed by atoms with Gasteiger partial charge in [0.2, 0.25) is 0 Å². The SMILES string of the molecule is C=C/C=C\C([C@H](C/C=C\CC)[C@@H](C)CC)N(C)C(=NC(=N)c1ccccc1)c1ccccc1. The van der Waals surface area contributed by atoms with E-state index in [9.17, 15) is 0 Å². The summed E-state index contributed by atoms with van der Waals surface area (Å²) in [5, 5.41) is 8.69. The quantitative estimate of drug-likeness (QED) is 0.166. The number of amidine groups is 2. The third kappa shape index (κ3) is 7.71. The summed E-state index contributed by atoms with van der Waals surface area (Å²) < 4.78 is 0. The molecule has 0 aliphatic heterocycles. The molecule has 0 saturated carbocycles. The van der Waals surface area contributed by atoms with Crippen molar-refractivity contribution in [3.8, 4) is 0 Å².